The van der Waals surface area contributed by atoms with E-state index in [9.17, 15) is 8.42 Å². The highest BCUT2D eigenvalue weighted by molar-refractivity contribution is 8.01. The Labute approximate surface area is 213 Å². The number of hydrogen-bond donors (Lipinski definition) is 2. The monoisotopic (exact) mass is 530 g/mol. The van der Waals surface area contributed by atoms with E-state index < -0.39 is 9.84 Å². The van der Waals surface area contributed by atoms with Gasteiger partial charge in [0.1, 0.15) is 18.2 Å². The number of halogens is 1. The first-order chi connectivity index (χ1) is 15.9. The van der Waals surface area contributed by atoms with E-state index in [0.717, 1.165) is 16.7 Å². The zero-order valence-electron chi connectivity index (χ0n) is 18.2. The van der Waals surface area contributed by atoms with Gasteiger partial charge in [0, 0.05) is 0 Å². The molecular formula is C25H23ClN2O3S3. The Kier molecular flexibility index (Phi) is 8.43. The van der Waals surface area contributed by atoms with Crippen LogP contribution in [-0.4, -0.2) is 20.5 Å². The number of benzene rings is 3. The van der Waals surface area contributed by atoms with Gasteiger partial charge in [-0.1, -0.05) is 60.7 Å². The Bertz CT molecular complexity index is 1390. The smallest absolute Gasteiger partial charge is 0.208 e. The number of ether oxygens (including phenoxy) is 1. The highest BCUT2D eigenvalue weighted by atomic mass is 35.5. The van der Waals surface area contributed by atoms with Crippen molar-refractivity contribution in [2.24, 2.45) is 5.73 Å². The minimum absolute atomic E-state index is 0. The molecule has 0 saturated heterocycles. The summed E-state index contributed by atoms with van der Waals surface area (Å²) in [6, 6.07) is 25.8. The topological polar surface area (TPSA) is 93.2 Å². The maximum Gasteiger partial charge on any atom is 0.208 e. The Balaban J connectivity index is 0.00000324. The SMILES string of the molecule is CSc1sc(C(=N)N)cc1S(=O)(=O)c1cc(OCc2ccccc2)cc(-c2ccccc2)c1.Cl. The van der Waals surface area contributed by atoms with Crippen molar-refractivity contribution in [1.82, 2.24) is 0 Å². The van der Waals surface area contributed by atoms with Crippen LogP contribution in [0, 0.1) is 5.41 Å². The van der Waals surface area contributed by atoms with Crippen LogP contribution in [0.4, 0.5) is 0 Å². The molecule has 0 amide bonds. The number of rotatable bonds is 8. The molecule has 0 aliphatic carbocycles. The van der Waals surface area contributed by atoms with Crippen molar-refractivity contribution in [1.29, 1.82) is 5.41 Å². The van der Waals surface area contributed by atoms with Crippen molar-refractivity contribution >= 4 is 51.2 Å². The molecule has 0 aliphatic heterocycles. The zero-order valence-corrected chi connectivity index (χ0v) is 21.5. The molecule has 34 heavy (non-hydrogen) atoms. The third kappa shape index (κ3) is 5.64. The summed E-state index contributed by atoms with van der Waals surface area (Å²) in [5, 5.41) is 7.71. The lowest BCUT2D eigenvalue weighted by Crippen LogP contribution is -2.09. The van der Waals surface area contributed by atoms with Crippen molar-refractivity contribution in [2.45, 2.75) is 20.6 Å². The Morgan fingerprint density at radius 3 is 2.24 bits per heavy atom. The van der Waals surface area contributed by atoms with Crippen LogP contribution >= 0.6 is 35.5 Å². The van der Waals surface area contributed by atoms with Crippen LogP contribution in [0.15, 0.2) is 98.9 Å². The first-order valence-electron chi connectivity index (χ1n) is 10.0. The minimum atomic E-state index is -3.87. The average Bonchev–Trinajstić information content (AvgIpc) is 3.30. The summed E-state index contributed by atoms with van der Waals surface area (Å²) >= 11 is 2.53. The molecule has 0 fully saturated rings. The van der Waals surface area contributed by atoms with Crippen molar-refractivity contribution in [3.63, 3.8) is 0 Å². The van der Waals surface area contributed by atoms with E-state index in [-0.39, 0.29) is 28.0 Å². The summed E-state index contributed by atoms with van der Waals surface area (Å²) in [5.41, 5.74) is 8.24. The molecule has 3 N–H and O–H groups in total. The molecule has 1 aromatic heterocycles. The van der Waals surface area contributed by atoms with Crippen molar-refractivity contribution in [2.75, 3.05) is 6.26 Å². The van der Waals surface area contributed by atoms with Crippen LogP contribution in [0.2, 0.25) is 0 Å². The van der Waals surface area contributed by atoms with Crippen LogP contribution in [0.5, 0.6) is 5.75 Å². The molecule has 0 radical (unpaired) electrons. The van der Waals surface area contributed by atoms with Crippen LogP contribution in [-0.2, 0) is 16.4 Å². The molecule has 0 spiro atoms. The average molecular weight is 531 g/mol. The van der Waals surface area contributed by atoms with Gasteiger partial charge in [0.15, 0.2) is 0 Å². The van der Waals surface area contributed by atoms with Crippen LogP contribution in [0.3, 0.4) is 0 Å². The van der Waals surface area contributed by atoms with E-state index in [0.29, 0.717) is 21.4 Å². The van der Waals surface area contributed by atoms with E-state index in [4.69, 9.17) is 15.9 Å². The molecule has 0 unspecified atom stereocenters. The number of nitrogen functional groups attached to an aromatic ring is 1. The molecule has 176 valence electrons. The van der Waals surface area contributed by atoms with Gasteiger partial charge in [-0.3, -0.25) is 5.41 Å². The molecule has 9 heteroatoms. The fraction of sp³-hybridized carbons (Fsp3) is 0.0800. The van der Waals surface area contributed by atoms with Crippen LogP contribution in [0.25, 0.3) is 11.1 Å². The van der Waals surface area contributed by atoms with Gasteiger partial charge in [-0.05, 0) is 47.2 Å². The molecular weight excluding hydrogens is 508 g/mol. The van der Waals surface area contributed by atoms with Crippen molar-refractivity contribution in [3.05, 3.63) is 95.4 Å². The maximum atomic E-state index is 13.7. The number of thiophene rings is 1. The third-order valence-corrected chi connectivity index (χ3v) is 9.27. The molecule has 5 nitrogen and oxygen atoms in total. The third-order valence-electron chi connectivity index (χ3n) is 4.95. The van der Waals surface area contributed by atoms with Gasteiger partial charge >= 0.3 is 0 Å². The molecule has 0 saturated carbocycles. The summed E-state index contributed by atoms with van der Waals surface area (Å²) in [6.45, 7) is 0.321. The van der Waals surface area contributed by atoms with E-state index >= 15 is 0 Å². The largest absolute Gasteiger partial charge is 0.489 e. The maximum absolute atomic E-state index is 13.7. The highest BCUT2D eigenvalue weighted by Gasteiger charge is 2.26. The lowest BCUT2D eigenvalue weighted by Gasteiger charge is -2.13. The van der Waals surface area contributed by atoms with E-state index in [2.05, 4.69) is 0 Å². The summed E-state index contributed by atoms with van der Waals surface area (Å²) in [4.78, 5) is 0.720. The highest BCUT2D eigenvalue weighted by Crippen LogP contribution is 2.39. The Hall–Kier alpha value is -2.78. The molecule has 3 aromatic carbocycles. The second-order valence-electron chi connectivity index (χ2n) is 7.22. The van der Waals surface area contributed by atoms with Gasteiger partial charge in [0.25, 0.3) is 0 Å². The summed E-state index contributed by atoms with van der Waals surface area (Å²) < 4.78 is 34.0. The Morgan fingerprint density at radius 1 is 0.971 bits per heavy atom. The van der Waals surface area contributed by atoms with Crippen molar-refractivity contribution in [3.8, 4) is 16.9 Å². The zero-order chi connectivity index (χ0) is 23.4. The standard InChI is InChI=1S/C25H22N2O3S3.ClH/c1-31-25-23(15-22(32-25)24(26)27)33(28,29)21-13-19(18-10-6-3-7-11-18)12-20(14-21)30-16-17-8-4-2-5-9-17;/h2-15H,16H2,1H3,(H3,26,27);1H. The molecule has 4 rings (SSSR count). The number of sulfone groups is 1. The quantitative estimate of drug-likeness (QED) is 0.159. The predicted molar refractivity (Wildman–Crippen MR) is 142 cm³/mol. The summed E-state index contributed by atoms with van der Waals surface area (Å²) in [7, 11) is -3.87. The van der Waals surface area contributed by atoms with Gasteiger partial charge in [-0.15, -0.1) is 35.5 Å². The molecule has 1 heterocycles. The lowest BCUT2D eigenvalue weighted by molar-refractivity contribution is 0.305. The number of thioether (sulfide) groups is 1. The first-order valence-corrected chi connectivity index (χ1v) is 13.6. The van der Waals surface area contributed by atoms with Gasteiger partial charge in [-0.2, -0.15) is 0 Å². The second-order valence-corrected chi connectivity index (χ2v) is 11.3. The fourth-order valence-corrected chi connectivity index (χ4v) is 7.21. The molecule has 0 atom stereocenters. The van der Waals surface area contributed by atoms with Gasteiger partial charge in [0.2, 0.25) is 9.84 Å². The van der Waals surface area contributed by atoms with Gasteiger partial charge in [-0.25, -0.2) is 8.42 Å². The van der Waals surface area contributed by atoms with Crippen molar-refractivity contribution < 1.29 is 13.2 Å². The summed E-state index contributed by atoms with van der Waals surface area (Å²) in [6.07, 6.45) is 1.81. The van der Waals surface area contributed by atoms with E-state index in [1.165, 1.54) is 29.2 Å². The number of nitrogens with one attached hydrogen (secondary N) is 1. The normalized spacial score (nSPS) is 11.0. The van der Waals surface area contributed by atoms with Crippen LogP contribution in [0.1, 0.15) is 10.4 Å². The molecule has 0 bridgehead atoms. The molecule has 4 aromatic rings. The van der Waals surface area contributed by atoms with E-state index in [1.54, 1.807) is 12.1 Å². The Morgan fingerprint density at radius 2 is 1.62 bits per heavy atom. The van der Waals surface area contributed by atoms with E-state index in [1.807, 2.05) is 73.0 Å². The predicted octanol–water partition coefficient (Wildman–Crippen LogP) is 6.25. The van der Waals surface area contributed by atoms with Crippen LogP contribution < -0.4 is 10.5 Å². The fourth-order valence-electron chi connectivity index (χ4n) is 3.30. The number of amidine groups is 1. The van der Waals surface area contributed by atoms with Gasteiger partial charge in [0.05, 0.1) is 18.9 Å². The number of hydrogen-bond acceptors (Lipinski definition) is 6. The summed E-state index contributed by atoms with van der Waals surface area (Å²) in [5.74, 6) is 0.313. The lowest BCUT2D eigenvalue weighted by atomic mass is 10.1. The minimum Gasteiger partial charge on any atom is -0.489 e. The second kappa shape index (κ2) is 11.1. The molecule has 0 aliphatic rings. The number of nitrogens with two attached hydrogens (primary N) is 1. The first kappa shape index (κ1) is 25.8. The van der Waals surface area contributed by atoms with Gasteiger partial charge < -0.3 is 10.5 Å².